The number of methoxy groups -OCH3 is 1. The topological polar surface area (TPSA) is 31.2 Å². The molecule has 0 aliphatic heterocycles. The van der Waals surface area contributed by atoms with Gasteiger partial charge in [-0.3, -0.25) is 0 Å². The van der Waals surface area contributed by atoms with Crippen LogP contribution in [0.15, 0.2) is 18.7 Å². The van der Waals surface area contributed by atoms with Gasteiger partial charge in [0.2, 0.25) is 0 Å². The molecule has 0 aromatic carbocycles. The van der Waals surface area contributed by atoms with E-state index in [1.807, 2.05) is 19.1 Å². The van der Waals surface area contributed by atoms with Crippen molar-refractivity contribution in [2.45, 2.75) is 33.2 Å². The number of carbonyl (C=O) groups is 1. The second-order valence-electron chi connectivity index (χ2n) is 4.11. The highest BCUT2D eigenvalue weighted by molar-refractivity contribution is 5.91. The van der Waals surface area contributed by atoms with E-state index in [0.717, 1.165) is 17.9 Å². The maximum Gasteiger partial charge on any atom is 0.339 e. The van der Waals surface area contributed by atoms with Crippen LogP contribution < -0.4 is 0 Å². The third-order valence-corrected chi connectivity index (χ3v) is 2.71. The lowest BCUT2D eigenvalue weighted by Gasteiger charge is -2.11. The van der Waals surface area contributed by atoms with Crippen LogP contribution in [0.4, 0.5) is 0 Å². The van der Waals surface area contributed by atoms with E-state index in [2.05, 4.69) is 25.0 Å². The molecule has 0 radical (unpaired) electrons. The van der Waals surface area contributed by atoms with Crippen molar-refractivity contribution in [3.8, 4) is 0 Å². The number of allylic oxidation sites excluding steroid dienone is 1. The zero-order chi connectivity index (χ0) is 12.3. The number of aromatic nitrogens is 1. The minimum absolute atomic E-state index is 0.276. The van der Waals surface area contributed by atoms with Crippen molar-refractivity contribution in [1.29, 1.82) is 0 Å². The average Bonchev–Trinajstić information content (AvgIpc) is 2.57. The molecule has 0 saturated heterocycles. The van der Waals surface area contributed by atoms with Crippen LogP contribution in [0.5, 0.6) is 0 Å². The first kappa shape index (κ1) is 12.6. The fourth-order valence-corrected chi connectivity index (χ4v) is 1.84. The molecule has 0 N–H and O–H groups in total. The fourth-order valence-electron chi connectivity index (χ4n) is 1.84. The van der Waals surface area contributed by atoms with Gasteiger partial charge in [-0.2, -0.15) is 0 Å². The molecule has 0 spiro atoms. The lowest BCUT2D eigenvalue weighted by atomic mass is 10.1. The number of carbonyl (C=O) groups excluding carboxylic acids is 1. The molecule has 1 aromatic heterocycles. The number of hydrogen-bond acceptors (Lipinski definition) is 2. The van der Waals surface area contributed by atoms with Gasteiger partial charge in [-0.25, -0.2) is 4.79 Å². The van der Waals surface area contributed by atoms with Crippen LogP contribution in [-0.2, 0) is 11.3 Å². The van der Waals surface area contributed by atoms with Crippen LogP contribution in [0.3, 0.4) is 0 Å². The average molecular weight is 221 g/mol. The maximum absolute atomic E-state index is 11.6. The lowest BCUT2D eigenvalue weighted by molar-refractivity contribution is 0.0600. The zero-order valence-corrected chi connectivity index (χ0v) is 10.4. The summed E-state index contributed by atoms with van der Waals surface area (Å²) in [6, 6.07) is 1.91. The van der Waals surface area contributed by atoms with Crippen molar-refractivity contribution in [3.63, 3.8) is 0 Å². The number of rotatable bonds is 4. The fraction of sp³-hybridized carbons (Fsp3) is 0.462. The van der Waals surface area contributed by atoms with E-state index in [1.165, 1.54) is 7.11 Å². The van der Waals surface area contributed by atoms with Crippen LogP contribution in [0.25, 0.3) is 0 Å². The molecule has 0 bridgehead atoms. The Hall–Kier alpha value is -1.51. The summed E-state index contributed by atoms with van der Waals surface area (Å²) in [6.45, 7) is 10.6. The summed E-state index contributed by atoms with van der Waals surface area (Å²) >= 11 is 0. The van der Waals surface area contributed by atoms with Gasteiger partial charge in [-0.15, -0.1) is 6.58 Å². The molecule has 1 rings (SSSR count). The summed E-state index contributed by atoms with van der Waals surface area (Å²) in [5.41, 5.74) is 2.72. The highest BCUT2D eigenvalue weighted by Gasteiger charge is 2.18. The van der Waals surface area contributed by atoms with Crippen LogP contribution in [0.2, 0.25) is 0 Å². The molecule has 16 heavy (non-hydrogen) atoms. The number of esters is 1. The molecule has 0 unspecified atom stereocenters. The minimum atomic E-state index is -0.276. The van der Waals surface area contributed by atoms with Gasteiger partial charge in [0.15, 0.2) is 0 Å². The predicted molar refractivity (Wildman–Crippen MR) is 64.8 cm³/mol. The number of ether oxygens (including phenoxy) is 1. The Balaban J connectivity index is 3.28. The van der Waals surface area contributed by atoms with Crippen molar-refractivity contribution in [1.82, 2.24) is 4.57 Å². The molecular formula is C13H19NO2. The molecule has 3 nitrogen and oxygen atoms in total. The molecule has 0 fully saturated rings. The molecular weight excluding hydrogens is 202 g/mol. The van der Waals surface area contributed by atoms with E-state index in [9.17, 15) is 4.79 Å². The number of hydrogen-bond donors (Lipinski definition) is 0. The monoisotopic (exact) mass is 221 g/mol. The first-order valence-electron chi connectivity index (χ1n) is 5.42. The summed E-state index contributed by atoms with van der Waals surface area (Å²) in [6.07, 6.45) is 1.83. The Morgan fingerprint density at radius 3 is 2.69 bits per heavy atom. The molecule has 0 aliphatic rings. The molecule has 0 atom stereocenters. The minimum Gasteiger partial charge on any atom is -0.465 e. The standard InChI is InChI=1S/C13H19NO2/c1-6-7-14-10(4)11(13(15)16-5)8-12(14)9(2)3/h6,8-9H,1,7H2,2-5H3. The molecule has 0 amide bonds. The van der Waals surface area contributed by atoms with Crippen LogP contribution in [0.1, 0.15) is 41.5 Å². The SMILES string of the molecule is C=CCn1c(C(C)C)cc(C(=O)OC)c1C. The van der Waals surface area contributed by atoms with Crippen LogP contribution in [0, 0.1) is 6.92 Å². The predicted octanol–water partition coefficient (Wildman–Crippen LogP) is 2.89. The van der Waals surface area contributed by atoms with Crippen molar-refractivity contribution >= 4 is 5.97 Å². The summed E-state index contributed by atoms with van der Waals surface area (Å²) in [5.74, 6) is 0.0965. The highest BCUT2D eigenvalue weighted by atomic mass is 16.5. The Morgan fingerprint density at radius 1 is 1.62 bits per heavy atom. The third-order valence-electron chi connectivity index (χ3n) is 2.71. The van der Waals surface area contributed by atoms with E-state index >= 15 is 0 Å². The smallest absolute Gasteiger partial charge is 0.339 e. The normalized spacial score (nSPS) is 10.6. The van der Waals surface area contributed by atoms with E-state index in [1.54, 1.807) is 0 Å². The first-order chi connectivity index (χ1) is 7.52. The highest BCUT2D eigenvalue weighted by Crippen LogP contribution is 2.23. The van der Waals surface area contributed by atoms with E-state index < -0.39 is 0 Å². The van der Waals surface area contributed by atoms with Crippen LogP contribution in [-0.4, -0.2) is 17.6 Å². The van der Waals surface area contributed by atoms with Gasteiger partial charge in [-0.05, 0) is 18.9 Å². The van der Waals surface area contributed by atoms with Gasteiger partial charge >= 0.3 is 5.97 Å². The largest absolute Gasteiger partial charge is 0.465 e. The van der Waals surface area contributed by atoms with Crippen molar-refractivity contribution in [3.05, 3.63) is 35.7 Å². The zero-order valence-electron chi connectivity index (χ0n) is 10.4. The Bertz CT molecular complexity index is 402. The van der Waals surface area contributed by atoms with Gasteiger partial charge in [0, 0.05) is 17.9 Å². The maximum atomic E-state index is 11.6. The summed E-state index contributed by atoms with van der Waals surface area (Å²) in [4.78, 5) is 11.6. The molecule has 3 heteroatoms. The van der Waals surface area contributed by atoms with Crippen molar-refractivity contribution in [2.75, 3.05) is 7.11 Å². The molecule has 88 valence electrons. The van der Waals surface area contributed by atoms with Crippen LogP contribution >= 0.6 is 0 Å². The second kappa shape index (κ2) is 5.01. The van der Waals surface area contributed by atoms with E-state index in [-0.39, 0.29) is 5.97 Å². The quantitative estimate of drug-likeness (QED) is 0.578. The van der Waals surface area contributed by atoms with Crippen molar-refractivity contribution < 1.29 is 9.53 Å². The van der Waals surface area contributed by atoms with E-state index in [4.69, 9.17) is 4.74 Å². The van der Waals surface area contributed by atoms with Gasteiger partial charge in [0.05, 0.1) is 12.7 Å². The van der Waals surface area contributed by atoms with Gasteiger partial charge in [0.25, 0.3) is 0 Å². The summed E-state index contributed by atoms with van der Waals surface area (Å²) < 4.78 is 6.87. The van der Waals surface area contributed by atoms with Gasteiger partial charge in [0.1, 0.15) is 0 Å². The Labute approximate surface area is 96.7 Å². The van der Waals surface area contributed by atoms with Gasteiger partial charge < -0.3 is 9.30 Å². The lowest BCUT2D eigenvalue weighted by Crippen LogP contribution is -2.06. The first-order valence-corrected chi connectivity index (χ1v) is 5.42. The summed E-state index contributed by atoms with van der Waals surface area (Å²) in [7, 11) is 1.40. The van der Waals surface area contributed by atoms with E-state index in [0.29, 0.717) is 11.5 Å². The summed E-state index contributed by atoms with van der Waals surface area (Å²) in [5, 5.41) is 0. The molecule has 0 saturated carbocycles. The Morgan fingerprint density at radius 2 is 2.25 bits per heavy atom. The van der Waals surface area contributed by atoms with Crippen molar-refractivity contribution in [2.24, 2.45) is 0 Å². The molecule has 1 heterocycles. The molecule has 0 aliphatic carbocycles. The van der Waals surface area contributed by atoms with Gasteiger partial charge in [-0.1, -0.05) is 19.9 Å². The second-order valence-corrected chi connectivity index (χ2v) is 4.11. The number of nitrogens with zero attached hydrogens (tertiary/aromatic N) is 1. The molecule has 1 aromatic rings. The Kier molecular flexibility index (Phi) is 3.93. The third kappa shape index (κ3) is 2.18.